The fourth-order valence-corrected chi connectivity index (χ4v) is 1.15. The molecule has 0 aliphatic rings. The standard InChI is InChI=1S/C10H14ClFN2O/c1-7(2)15-4-3-13-10-9(12)5-8(11)6-14-10/h5-7H,3-4H2,1-2H3,(H,13,14). The summed E-state index contributed by atoms with van der Waals surface area (Å²) in [4.78, 5) is 3.82. The summed E-state index contributed by atoms with van der Waals surface area (Å²) in [6, 6.07) is 1.22. The van der Waals surface area contributed by atoms with Crippen LogP contribution >= 0.6 is 11.6 Å². The van der Waals surface area contributed by atoms with Crippen molar-refractivity contribution in [2.75, 3.05) is 18.5 Å². The SMILES string of the molecule is CC(C)OCCNc1ncc(Cl)cc1F. The summed E-state index contributed by atoms with van der Waals surface area (Å²) in [7, 11) is 0. The van der Waals surface area contributed by atoms with Gasteiger partial charge in [-0.2, -0.15) is 0 Å². The van der Waals surface area contributed by atoms with Crippen LogP contribution in [0.3, 0.4) is 0 Å². The maximum atomic E-state index is 13.2. The van der Waals surface area contributed by atoms with E-state index in [1.54, 1.807) is 0 Å². The fourth-order valence-electron chi connectivity index (χ4n) is 1.01. The second-order valence-corrected chi connectivity index (χ2v) is 3.77. The number of anilines is 1. The van der Waals surface area contributed by atoms with Crippen molar-refractivity contribution in [3.8, 4) is 0 Å². The molecule has 1 aromatic heterocycles. The van der Waals surface area contributed by atoms with E-state index >= 15 is 0 Å². The van der Waals surface area contributed by atoms with E-state index in [-0.39, 0.29) is 16.9 Å². The number of hydrogen-bond acceptors (Lipinski definition) is 3. The summed E-state index contributed by atoms with van der Waals surface area (Å²) in [5.74, 6) is -0.251. The zero-order chi connectivity index (χ0) is 11.3. The third-order valence-corrected chi connectivity index (χ3v) is 1.86. The van der Waals surface area contributed by atoms with Gasteiger partial charge in [0, 0.05) is 12.7 Å². The summed E-state index contributed by atoms with van der Waals surface area (Å²) in [6.07, 6.45) is 1.57. The Bertz CT molecular complexity index is 320. The van der Waals surface area contributed by atoms with E-state index < -0.39 is 5.82 Å². The summed E-state index contributed by atoms with van der Waals surface area (Å²) in [5, 5.41) is 3.11. The molecule has 0 saturated carbocycles. The Morgan fingerprint density at radius 1 is 1.60 bits per heavy atom. The first-order chi connectivity index (χ1) is 7.09. The Hall–Kier alpha value is -0.870. The fraction of sp³-hybridized carbons (Fsp3) is 0.500. The maximum Gasteiger partial charge on any atom is 0.166 e. The maximum absolute atomic E-state index is 13.2. The molecule has 0 spiro atoms. The van der Waals surface area contributed by atoms with E-state index in [2.05, 4.69) is 10.3 Å². The zero-order valence-electron chi connectivity index (χ0n) is 8.76. The van der Waals surface area contributed by atoms with Crippen LogP contribution in [0.4, 0.5) is 10.2 Å². The molecule has 0 saturated heterocycles. The molecule has 1 heterocycles. The number of ether oxygens (including phenoxy) is 1. The number of pyridine rings is 1. The van der Waals surface area contributed by atoms with Gasteiger partial charge in [0.05, 0.1) is 17.7 Å². The Morgan fingerprint density at radius 3 is 2.93 bits per heavy atom. The average Bonchev–Trinajstić information content (AvgIpc) is 2.14. The number of halogens is 2. The van der Waals surface area contributed by atoms with Crippen LogP contribution in [-0.4, -0.2) is 24.2 Å². The minimum absolute atomic E-state index is 0.176. The quantitative estimate of drug-likeness (QED) is 0.793. The van der Waals surface area contributed by atoms with Crippen molar-refractivity contribution in [1.82, 2.24) is 4.98 Å². The monoisotopic (exact) mass is 232 g/mol. The van der Waals surface area contributed by atoms with Crippen LogP contribution in [0.1, 0.15) is 13.8 Å². The molecule has 84 valence electrons. The van der Waals surface area contributed by atoms with Gasteiger partial charge in [-0.25, -0.2) is 9.37 Å². The molecule has 3 nitrogen and oxygen atoms in total. The van der Waals surface area contributed by atoms with Crippen LogP contribution in [0, 0.1) is 5.82 Å². The minimum atomic E-state index is -0.452. The zero-order valence-corrected chi connectivity index (χ0v) is 9.51. The molecule has 5 heteroatoms. The molecule has 0 amide bonds. The molecule has 0 aliphatic heterocycles. The molecule has 1 aromatic rings. The van der Waals surface area contributed by atoms with Gasteiger partial charge in [-0.05, 0) is 19.9 Å². The second kappa shape index (κ2) is 5.88. The van der Waals surface area contributed by atoms with Crippen LogP contribution in [0.2, 0.25) is 5.02 Å². The number of nitrogens with one attached hydrogen (secondary N) is 1. The van der Waals surface area contributed by atoms with Crippen LogP contribution in [0.25, 0.3) is 0 Å². The third-order valence-electron chi connectivity index (χ3n) is 1.65. The van der Waals surface area contributed by atoms with Gasteiger partial charge in [-0.3, -0.25) is 0 Å². The predicted molar refractivity (Wildman–Crippen MR) is 58.8 cm³/mol. The van der Waals surface area contributed by atoms with Crippen molar-refractivity contribution in [2.45, 2.75) is 20.0 Å². The van der Waals surface area contributed by atoms with E-state index in [0.717, 1.165) is 0 Å². The van der Waals surface area contributed by atoms with Gasteiger partial charge in [-0.1, -0.05) is 11.6 Å². The van der Waals surface area contributed by atoms with Crippen molar-refractivity contribution in [1.29, 1.82) is 0 Å². The lowest BCUT2D eigenvalue weighted by Crippen LogP contribution is -2.14. The predicted octanol–water partition coefficient (Wildman–Crippen LogP) is 2.71. The Labute approximate surface area is 93.6 Å². The lowest BCUT2D eigenvalue weighted by atomic mass is 10.4. The minimum Gasteiger partial charge on any atom is -0.377 e. The van der Waals surface area contributed by atoms with E-state index in [0.29, 0.717) is 13.2 Å². The molecular formula is C10H14ClFN2O. The highest BCUT2D eigenvalue weighted by atomic mass is 35.5. The van der Waals surface area contributed by atoms with Crippen molar-refractivity contribution in [3.05, 3.63) is 23.1 Å². The van der Waals surface area contributed by atoms with E-state index in [9.17, 15) is 4.39 Å². The van der Waals surface area contributed by atoms with Gasteiger partial charge >= 0.3 is 0 Å². The van der Waals surface area contributed by atoms with Gasteiger partial charge in [-0.15, -0.1) is 0 Å². The van der Waals surface area contributed by atoms with Crippen molar-refractivity contribution in [2.24, 2.45) is 0 Å². The Morgan fingerprint density at radius 2 is 2.33 bits per heavy atom. The van der Waals surface area contributed by atoms with Gasteiger partial charge in [0.25, 0.3) is 0 Å². The van der Waals surface area contributed by atoms with E-state index in [1.807, 2.05) is 13.8 Å². The third kappa shape index (κ3) is 4.44. The number of nitrogens with zero attached hydrogens (tertiary/aromatic N) is 1. The van der Waals surface area contributed by atoms with Gasteiger partial charge in [0.15, 0.2) is 11.6 Å². The first kappa shape index (κ1) is 12.2. The molecular weight excluding hydrogens is 219 g/mol. The summed E-state index contributed by atoms with van der Waals surface area (Å²) in [5.41, 5.74) is 0. The lowest BCUT2D eigenvalue weighted by molar-refractivity contribution is 0.0870. The van der Waals surface area contributed by atoms with Gasteiger partial charge < -0.3 is 10.1 Å². The molecule has 0 unspecified atom stereocenters. The molecule has 1 rings (SSSR count). The number of rotatable bonds is 5. The Kier molecular flexibility index (Phi) is 4.78. The molecule has 15 heavy (non-hydrogen) atoms. The van der Waals surface area contributed by atoms with Crippen molar-refractivity contribution in [3.63, 3.8) is 0 Å². The summed E-state index contributed by atoms with van der Waals surface area (Å²) in [6.45, 7) is 4.92. The first-order valence-electron chi connectivity index (χ1n) is 4.76. The average molecular weight is 233 g/mol. The first-order valence-corrected chi connectivity index (χ1v) is 5.14. The van der Waals surface area contributed by atoms with Gasteiger partial charge in [0.1, 0.15) is 0 Å². The van der Waals surface area contributed by atoms with Crippen molar-refractivity contribution < 1.29 is 9.13 Å². The normalized spacial score (nSPS) is 10.7. The molecule has 0 fully saturated rings. The highest BCUT2D eigenvalue weighted by molar-refractivity contribution is 6.30. The lowest BCUT2D eigenvalue weighted by Gasteiger charge is -2.09. The molecule has 0 aromatic carbocycles. The molecule has 0 aliphatic carbocycles. The molecule has 0 radical (unpaired) electrons. The molecule has 1 N–H and O–H groups in total. The smallest absolute Gasteiger partial charge is 0.166 e. The second-order valence-electron chi connectivity index (χ2n) is 3.33. The number of hydrogen-bond donors (Lipinski definition) is 1. The van der Waals surface area contributed by atoms with Crippen LogP contribution in [0.15, 0.2) is 12.3 Å². The van der Waals surface area contributed by atoms with Crippen LogP contribution < -0.4 is 5.32 Å². The number of aromatic nitrogens is 1. The largest absolute Gasteiger partial charge is 0.377 e. The van der Waals surface area contributed by atoms with Crippen LogP contribution in [-0.2, 0) is 4.74 Å². The van der Waals surface area contributed by atoms with Crippen LogP contribution in [0.5, 0.6) is 0 Å². The topological polar surface area (TPSA) is 34.1 Å². The van der Waals surface area contributed by atoms with Gasteiger partial charge in [0.2, 0.25) is 0 Å². The summed E-state index contributed by atoms with van der Waals surface area (Å²) >= 11 is 5.56. The molecule has 0 atom stereocenters. The highest BCUT2D eigenvalue weighted by Gasteiger charge is 2.03. The Balaban J connectivity index is 2.37. The molecule has 0 bridgehead atoms. The van der Waals surface area contributed by atoms with E-state index in [1.165, 1.54) is 12.3 Å². The van der Waals surface area contributed by atoms with E-state index in [4.69, 9.17) is 16.3 Å². The van der Waals surface area contributed by atoms with Crippen molar-refractivity contribution >= 4 is 17.4 Å². The summed E-state index contributed by atoms with van der Waals surface area (Å²) < 4.78 is 18.5. The highest BCUT2D eigenvalue weighted by Crippen LogP contribution is 2.14.